The van der Waals surface area contributed by atoms with Gasteiger partial charge >= 0.3 is 5.69 Å². The number of nitrogens with two attached hydrogens (primary N) is 1. The average Bonchev–Trinajstić information content (AvgIpc) is 3.22. The van der Waals surface area contributed by atoms with Crippen LogP contribution in [-0.2, 0) is 6.42 Å². The van der Waals surface area contributed by atoms with Crippen LogP contribution in [0.15, 0.2) is 46.0 Å². The van der Waals surface area contributed by atoms with Gasteiger partial charge < -0.3 is 29.6 Å². The summed E-state index contributed by atoms with van der Waals surface area (Å²) in [6.45, 7) is 0.697. The Morgan fingerprint density at radius 2 is 1.74 bits per heavy atom. The Balaban J connectivity index is 1.74. The molecule has 2 aromatic carbocycles. The summed E-state index contributed by atoms with van der Waals surface area (Å²) in [6.07, 6.45) is 0.779. The van der Waals surface area contributed by atoms with Crippen molar-refractivity contribution in [1.29, 1.82) is 0 Å². The molecule has 1 aliphatic rings. The van der Waals surface area contributed by atoms with Crippen LogP contribution in [0, 0.1) is 0 Å². The minimum absolute atomic E-state index is 0.0731. The lowest BCUT2D eigenvalue weighted by Crippen LogP contribution is -2.87. The molecule has 0 saturated carbocycles. The molecule has 5 rings (SSSR count). The van der Waals surface area contributed by atoms with Crippen molar-refractivity contribution in [2.45, 2.75) is 12.5 Å². The molecule has 0 fully saturated rings. The number of hydrogen-bond donors (Lipinski definition) is 4. The number of methoxy groups -OCH3 is 3. The first kappa shape index (κ1) is 21.7. The maximum atomic E-state index is 13.0. The van der Waals surface area contributed by atoms with Crippen molar-refractivity contribution in [1.82, 2.24) is 14.5 Å². The molecule has 34 heavy (non-hydrogen) atoms. The lowest BCUT2D eigenvalue weighted by Gasteiger charge is -2.23. The van der Waals surface area contributed by atoms with E-state index in [1.165, 1.54) is 14.2 Å². The molecule has 0 aliphatic carbocycles. The van der Waals surface area contributed by atoms with Crippen LogP contribution in [0.3, 0.4) is 0 Å². The third-order valence-corrected chi connectivity index (χ3v) is 6.31. The van der Waals surface area contributed by atoms with Crippen molar-refractivity contribution in [3.63, 3.8) is 0 Å². The zero-order valence-electron chi connectivity index (χ0n) is 19.0. The molecular formula is C24H25N4O6+. The molecule has 1 atom stereocenters. The van der Waals surface area contributed by atoms with E-state index in [0.717, 1.165) is 38.9 Å². The normalized spacial score (nSPS) is 15.2. The van der Waals surface area contributed by atoms with Crippen molar-refractivity contribution in [2.24, 2.45) is 0 Å². The Hall–Kier alpha value is -4.18. The van der Waals surface area contributed by atoms with Gasteiger partial charge in [-0.05, 0) is 35.9 Å². The van der Waals surface area contributed by atoms with Gasteiger partial charge in [0.25, 0.3) is 5.56 Å². The highest BCUT2D eigenvalue weighted by atomic mass is 16.5. The van der Waals surface area contributed by atoms with Crippen LogP contribution in [-0.4, -0.2) is 47.5 Å². The third-order valence-electron chi connectivity index (χ3n) is 6.31. The van der Waals surface area contributed by atoms with Crippen LogP contribution in [0.5, 0.6) is 23.1 Å². The molecule has 0 amide bonds. The van der Waals surface area contributed by atoms with E-state index in [9.17, 15) is 14.7 Å². The first-order chi connectivity index (χ1) is 16.5. The smallest absolute Gasteiger partial charge is 0.335 e. The molecule has 4 aromatic rings. The Morgan fingerprint density at radius 3 is 2.47 bits per heavy atom. The molecule has 176 valence electrons. The fraction of sp³-hybridized carbons (Fsp3) is 0.250. The fourth-order valence-corrected chi connectivity index (χ4v) is 4.70. The average molecular weight is 465 g/mol. The predicted molar refractivity (Wildman–Crippen MR) is 125 cm³/mol. The van der Waals surface area contributed by atoms with Crippen molar-refractivity contribution >= 4 is 10.9 Å². The van der Waals surface area contributed by atoms with E-state index >= 15 is 0 Å². The number of aromatic hydroxyl groups is 1. The second-order valence-electron chi connectivity index (χ2n) is 8.05. The fourth-order valence-electron chi connectivity index (χ4n) is 4.70. The maximum Gasteiger partial charge on any atom is 0.335 e. The van der Waals surface area contributed by atoms with E-state index in [1.54, 1.807) is 25.3 Å². The number of quaternary nitrogens is 1. The number of rotatable bonds is 5. The molecule has 0 bridgehead atoms. The molecular weight excluding hydrogens is 440 g/mol. The Bertz CT molecular complexity index is 1520. The van der Waals surface area contributed by atoms with Crippen molar-refractivity contribution in [3.8, 4) is 28.8 Å². The number of aromatic amines is 2. The highest BCUT2D eigenvalue weighted by molar-refractivity contribution is 5.86. The van der Waals surface area contributed by atoms with Crippen molar-refractivity contribution < 1.29 is 24.6 Å². The molecule has 5 N–H and O–H groups in total. The predicted octanol–water partition coefficient (Wildman–Crippen LogP) is 0.947. The number of H-pyrrole nitrogens is 2. The van der Waals surface area contributed by atoms with Crippen molar-refractivity contribution in [2.75, 3.05) is 27.9 Å². The van der Waals surface area contributed by atoms with E-state index in [4.69, 9.17) is 14.2 Å². The number of hydrogen-bond acceptors (Lipinski definition) is 6. The number of benzene rings is 2. The summed E-state index contributed by atoms with van der Waals surface area (Å²) in [6, 6.07) is 10.1. The summed E-state index contributed by atoms with van der Waals surface area (Å²) >= 11 is 0. The third kappa shape index (κ3) is 3.30. The number of nitrogens with one attached hydrogen (secondary N) is 2. The van der Waals surface area contributed by atoms with Gasteiger partial charge in [-0.25, -0.2) is 9.36 Å². The van der Waals surface area contributed by atoms with E-state index < -0.39 is 23.2 Å². The zero-order valence-corrected chi connectivity index (χ0v) is 19.0. The largest absolute Gasteiger partial charge is 0.497 e. The molecule has 0 spiro atoms. The molecule has 10 heteroatoms. The van der Waals surface area contributed by atoms with Gasteiger partial charge in [0.2, 0.25) is 5.88 Å². The monoisotopic (exact) mass is 465 g/mol. The summed E-state index contributed by atoms with van der Waals surface area (Å²) in [7, 11) is 4.57. The quantitative estimate of drug-likeness (QED) is 0.347. The summed E-state index contributed by atoms with van der Waals surface area (Å²) < 4.78 is 17.1. The Morgan fingerprint density at radius 1 is 1.00 bits per heavy atom. The molecule has 1 aliphatic heterocycles. The van der Waals surface area contributed by atoms with E-state index in [-0.39, 0.29) is 11.3 Å². The first-order valence-electron chi connectivity index (χ1n) is 10.8. The molecule has 0 unspecified atom stereocenters. The number of ether oxygens (including phenoxy) is 3. The second-order valence-corrected chi connectivity index (χ2v) is 8.05. The van der Waals surface area contributed by atoms with Crippen LogP contribution < -0.4 is 30.8 Å². The van der Waals surface area contributed by atoms with Crippen LogP contribution in [0.1, 0.15) is 22.9 Å². The van der Waals surface area contributed by atoms with Gasteiger partial charge in [0.05, 0.1) is 39.3 Å². The number of aromatic nitrogens is 3. The summed E-state index contributed by atoms with van der Waals surface area (Å²) in [5.74, 6) is 1.08. The van der Waals surface area contributed by atoms with Gasteiger partial charge in [-0.2, -0.15) is 0 Å². The molecule has 2 aromatic heterocycles. The van der Waals surface area contributed by atoms with E-state index in [1.807, 2.05) is 23.5 Å². The maximum absolute atomic E-state index is 13.0. The van der Waals surface area contributed by atoms with E-state index in [0.29, 0.717) is 18.0 Å². The van der Waals surface area contributed by atoms with Gasteiger partial charge in [-0.15, -0.1) is 0 Å². The zero-order chi connectivity index (χ0) is 24.0. The van der Waals surface area contributed by atoms with Crippen LogP contribution >= 0.6 is 0 Å². The van der Waals surface area contributed by atoms with Crippen molar-refractivity contribution in [3.05, 3.63) is 74.1 Å². The van der Waals surface area contributed by atoms with Crippen LogP contribution in [0.25, 0.3) is 16.6 Å². The van der Waals surface area contributed by atoms with Crippen LogP contribution in [0.4, 0.5) is 0 Å². The minimum atomic E-state index is -0.782. The SMILES string of the molecule is COc1ccc(OC)c(-n2c(O)c([C@@H]3[NH2+]CCc4c3[nH]c3ccc(OC)cc43)c(=O)[nH]c2=O)c1. The molecule has 10 nitrogen and oxygen atoms in total. The Labute approximate surface area is 193 Å². The first-order valence-corrected chi connectivity index (χ1v) is 10.8. The summed E-state index contributed by atoms with van der Waals surface area (Å²) in [5.41, 5.74) is 1.66. The second kappa shape index (κ2) is 8.31. The summed E-state index contributed by atoms with van der Waals surface area (Å²) in [4.78, 5) is 31.6. The highest BCUT2D eigenvalue weighted by Crippen LogP contribution is 2.35. The molecule has 0 radical (unpaired) electrons. The lowest BCUT2D eigenvalue weighted by molar-refractivity contribution is -0.690. The van der Waals surface area contributed by atoms with Crippen LogP contribution in [0.2, 0.25) is 0 Å². The van der Waals surface area contributed by atoms with Gasteiger partial charge in [0.1, 0.15) is 22.8 Å². The summed E-state index contributed by atoms with van der Waals surface area (Å²) in [5, 5.41) is 14.3. The van der Waals surface area contributed by atoms with E-state index in [2.05, 4.69) is 9.97 Å². The highest BCUT2D eigenvalue weighted by Gasteiger charge is 2.35. The number of fused-ring (bicyclic) bond motifs is 3. The minimum Gasteiger partial charge on any atom is -0.497 e. The topological polar surface area (TPSA) is 135 Å². The molecule has 0 saturated heterocycles. The van der Waals surface area contributed by atoms with Gasteiger partial charge in [0.15, 0.2) is 6.04 Å². The lowest BCUT2D eigenvalue weighted by atomic mass is 9.95. The standard InChI is InChI=1S/C24H24N4O6/c1-32-12-4-6-16-15(10-12)14-8-9-25-21(20(14)26-16)19-22(29)27-24(31)28(23(19)30)17-11-13(33-2)5-7-18(17)34-3/h4-7,10-11,21,25-26,30H,8-9H2,1-3H3,(H,27,29,31)/p+1/t21-/m0/s1. The van der Waals surface area contributed by atoms with Gasteiger partial charge in [0, 0.05) is 23.4 Å². The Kier molecular flexibility index (Phi) is 5.29. The van der Waals surface area contributed by atoms with Gasteiger partial charge in [-0.3, -0.25) is 9.78 Å². The van der Waals surface area contributed by atoms with Gasteiger partial charge in [-0.1, -0.05) is 0 Å². The number of nitrogens with zero attached hydrogens (tertiary/aromatic N) is 1. The molecule has 3 heterocycles.